The molecular formula is C25H44FN3U. The van der Waals surface area contributed by atoms with E-state index in [0.717, 1.165) is 37.9 Å². The van der Waals surface area contributed by atoms with Gasteiger partial charge in [-0.3, -0.25) is 4.99 Å². The van der Waals surface area contributed by atoms with E-state index in [9.17, 15) is 4.39 Å². The molecule has 0 unspecified atom stereocenters. The maximum atomic E-state index is 10.2. The number of nitrogens with one attached hydrogen (secondary N) is 1. The van der Waals surface area contributed by atoms with Crippen LogP contribution in [0.3, 0.4) is 0 Å². The van der Waals surface area contributed by atoms with Crippen LogP contribution >= 0.6 is 0 Å². The van der Waals surface area contributed by atoms with Gasteiger partial charge < -0.3 is 14.6 Å². The van der Waals surface area contributed by atoms with E-state index in [1.807, 2.05) is 45.2 Å². The van der Waals surface area contributed by atoms with Gasteiger partial charge in [-0.1, -0.05) is 40.2 Å². The van der Waals surface area contributed by atoms with Crippen LogP contribution in [0.2, 0.25) is 0 Å². The number of allylic oxidation sites excluding steroid dienone is 1. The van der Waals surface area contributed by atoms with Crippen molar-refractivity contribution in [1.82, 2.24) is 10.2 Å². The Balaban J connectivity index is -0.000000465. The van der Waals surface area contributed by atoms with Gasteiger partial charge in [-0.2, -0.15) is 49.5 Å². The fourth-order valence-corrected chi connectivity index (χ4v) is 2.47. The monoisotopic (exact) mass is 643 g/mol. The van der Waals surface area contributed by atoms with Gasteiger partial charge in [-0.05, 0) is 31.8 Å². The number of halogens is 1. The first-order valence-corrected chi connectivity index (χ1v) is 10.8. The summed E-state index contributed by atoms with van der Waals surface area (Å²) in [5.74, 6) is 1.92. The van der Waals surface area contributed by atoms with Crippen molar-refractivity contribution in [3.8, 4) is 0 Å². The maximum absolute atomic E-state index is 10.2. The summed E-state index contributed by atoms with van der Waals surface area (Å²) in [6, 6.07) is 10.8. The van der Waals surface area contributed by atoms with Gasteiger partial charge >= 0.3 is 31.1 Å². The predicted octanol–water partition coefficient (Wildman–Crippen LogP) is 6.26. The number of hydrogen-bond acceptors (Lipinski definition) is 2. The second kappa shape index (κ2) is 24.6. The first-order valence-electron chi connectivity index (χ1n) is 10.8. The molecule has 170 valence electrons. The van der Waals surface area contributed by atoms with Crippen LogP contribution in [0.15, 0.2) is 40.9 Å². The molecule has 30 heavy (non-hydrogen) atoms. The molecule has 2 rings (SSSR count). The molecule has 0 aromatic heterocycles. The van der Waals surface area contributed by atoms with Crippen LogP contribution in [0.25, 0.3) is 0 Å². The van der Waals surface area contributed by atoms with E-state index in [1.165, 1.54) is 30.9 Å². The Morgan fingerprint density at radius 3 is 2.13 bits per heavy atom. The number of benzene rings is 1. The average Bonchev–Trinajstić information content (AvgIpc) is 2.74. The van der Waals surface area contributed by atoms with Crippen LogP contribution in [0.5, 0.6) is 0 Å². The first kappa shape index (κ1) is 34.0. The normalized spacial score (nSPS) is 13.6. The Kier molecular flexibility index (Phi) is 27.9. The van der Waals surface area contributed by atoms with E-state index in [0.29, 0.717) is 6.67 Å². The molecular weight excluding hydrogens is 599 g/mol. The minimum absolute atomic E-state index is 0. The van der Waals surface area contributed by atoms with Crippen molar-refractivity contribution in [2.24, 2.45) is 10.9 Å². The van der Waals surface area contributed by atoms with E-state index >= 15 is 0 Å². The summed E-state index contributed by atoms with van der Waals surface area (Å²) in [6.07, 6.45) is 4.71. The molecule has 0 radical (unpaired) electrons. The molecule has 1 aromatic carbocycles. The minimum Gasteiger partial charge on any atom is -0.460 e. The summed E-state index contributed by atoms with van der Waals surface area (Å²) in [6.45, 7) is 18.9. The van der Waals surface area contributed by atoms with Crippen molar-refractivity contribution < 1.29 is 35.5 Å². The summed E-state index contributed by atoms with van der Waals surface area (Å²) >= 11 is 0. The molecule has 1 aliphatic heterocycles. The molecule has 1 aliphatic rings. The van der Waals surface area contributed by atoms with E-state index in [4.69, 9.17) is 0 Å². The third-order valence-corrected chi connectivity index (χ3v) is 4.05. The molecule has 3 nitrogen and oxygen atoms in total. The Morgan fingerprint density at radius 1 is 1.27 bits per heavy atom. The second-order valence-electron chi connectivity index (χ2n) is 7.04. The molecule has 0 amide bonds. The fourth-order valence-electron chi connectivity index (χ4n) is 2.47. The van der Waals surface area contributed by atoms with Gasteiger partial charge in [-0.25, -0.2) is 0 Å². The predicted molar refractivity (Wildman–Crippen MR) is 128 cm³/mol. The molecule has 0 atom stereocenters. The number of amidine groups is 1. The molecule has 5 heteroatoms. The van der Waals surface area contributed by atoms with Gasteiger partial charge in [0, 0.05) is 33.2 Å². The van der Waals surface area contributed by atoms with Crippen molar-refractivity contribution in [3.63, 3.8) is 0 Å². The van der Waals surface area contributed by atoms with Gasteiger partial charge in [0.15, 0.2) is 0 Å². The number of hydrogen-bond donors (Lipinski definition) is 1. The third kappa shape index (κ3) is 20.6. The molecule has 1 N–H and O–H groups in total. The standard InChI is InChI=1S/C14H27N3.C7H7.C2H4F.C2H6.U/c1-12(2)5-6-13(3)11-14(15-4)17-9-7-16-8-10-17;1-7-5-3-2-4-6-7;1-2-3;1-2;/h11-12,16H,5-10H2,1-4H3;3-6H,1H3;2H,1H3;1-2H3;/q;2*-1;;+2/b13-11+,15-14?;;;;. The van der Waals surface area contributed by atoms with E-state index in [2.05, 4.69) is 55.0 Å². The molecule has 1 fully saturated rings. The van der Waals surface area contributed by atoms with Crippen molar-refractivity contribution >= 4 is 5.84 Å². The van der Waals surface area contributed by atoms with Crippen LogP contribution in [-0.2, 0) is 0 Å². The Hall–Kier alpha value is -0.628. The number of aryl methyl sites for hydroxylation is 1. The average molecular weight is 644 g/mol. The number of rotatable bonds is 4. The largest absolute Gasteiger partial charge is 2.00 e. The SMILES string of the molecule is CC.CN=C(/C=C(\C)CCC(C)C)N1CCNCC1.C[CH-]F.Cc1cc[c-]cc1.[U+2]. The fraction of sp³-hybridized carbons (Fsp3) is 0.600. The molecule has 1 aromatic rings. The van der Waals surface area contributed by atoms with Gasteiger partial charge in [0.1, 0.15) is 5.84 Å². The van der Waals surface area contributed by atoms with Gasteiger partial charge in [0.25, 0.3) is 0 Å². The summed E-state index contributed by atoms with van der Waals surface area (Å²) < 4.78 is 10.2. The number of aliphatic imine (C=N–C) groups is 1. The van der Waals surface area contributed by atoms with E-state index in [1.54, 1.807) is 0 Å². The van der Waals surface area contributed by atoms with Gasteiger partial charge in [0.05, 0.1) is 0 Å². The van der Waals surface area contributed by atoms with E-state index in [-0.39, 0.29) is 31.1 Å². The Morgan fingerprint density at radius 2 is 1.77 bits per heavy atom. The number of piperazine rings is 1. The Bertz CT molecular complexity index is 524. The zero-order valence-corrected chi connectivity index (χ0v) is 24.7. The second-order valence-corrected chi connectivity index (χ2v) is 7.04. The zero-order chi connectivity index (χ0) is 22.5. The molecule has 1 heterocycles. The summed E-state index contributed by atoms with van der Waals surface area (Å²) in [5.41, 5.74) is 2.73. The Labute approximate surface area is 210 Å². The first-order chi connectivity index (χ1) is 13.9. The zero-order valence-electron chi connectivity index (χ0n) is 20.6. The van der Waals surface area contributed by atoms with Crippen molar-refractivity contribution in [2.75, 3.05) is 33.2 Å². The molecule has 0 saturated carbocycles. The summed E-state index contributed by atoms with van der Waals surface area (Å²) in [7, 11) is 1.89. The molecule has 0 bridgehead atoms. The minimum atomic E-state index is 0. The smallest absolute Gasteiger partial charge is 0.460 e. The van der Waals surface area contributed by atoms with Gasteiger partial charge in [0.2, 0.25) is 0 Å². The van der Waals surface area contributed by atoms with Crippen molar-refractivity contribution in [3.05, 3.63) is 54.2 Å². The maximum Gasteiger partial charge on any atom is 2.00 e. The van der Waals surface area contributed by atoms with E-state index < -0.39 is 0 Å². The third-order valence-electron chi connectivity index (χ3n) is 4.05. The van der Waals surface area contributed by atoms with Crippen LogP contribution in [0.4, 0.5) is 4.39 Å². The summed E-state index contributed by atoms with van der Waals surface area (Å²) in [5, 5.41) is 3.37. The number of nitrogens with zero attached hydrogens (tertiary/aromatic N) is 2. The van der Waals surface area contributed by atoms with Gasteiger partial charge in [-0.15, -0.1) is 0 Å². The van der Waals surface area contributed by atoms with Crippen LogP contribution in [-0.4, -0.2) is 44.0 Å². The quantitative estimate of drug-likeness (QED) is 0.238. The topological polar surface area (TPSA) is 27.6 Å². The van der Waals surface area contributed by atoms with Crippen LogP contribution < -0.4 is 5.32 Å². The summed E-state index contributed by atoms with van der Waals surface area (Å²) in [4.78, 5) is 6.79. The van der Waals surface area contributed by atoms with Crippen molar-refractivity contribution in [2.45, 2.75) is 61.3 Å². The van der Waals surface area contributed by atoms with Crippen LogP contribution in [0.1, 0.15) is 59.9 Å². The van der Waals surface area contributed by atoms with Crippen LogP contribution in [0, 0.1) is 56.7 Å². The molecule has 0 aliphatic carbocycles. The van der Waals surface area contributed by atoms with Crippen molar-refractivity contribution in [1.29, 1.82) is 0 Å². The molecule has 1 saturated heterocycles. The molecule has 0 spiro atoms.